The quantitative estimate of drug-likeness (QED) is 0.606. The van der Waals surface area contributed by atoms with Gasteiger partial charge >= 0.3 is 5.97 Å². The molecule has 2 aromatic heterocycles. The summed E-state index contributed by atoms with van der Waals surface area (Å²) >= 11 is 1.42. The van der Waals surface area contributed by atoms with Crippen LogP contribution in [-0.2, 0) is 29.0 Å². The average Bonchev–Trinajstić information content (AvgIpc) is 3.36. The minimum atomic E-state index is -0.974. The van der Waals surface area contributed by atoms with Gasteiger partial charge in [-0.2, -0.15) is 0 Å². The van der Waals surface area contributed by atoms with Gasteiger partial charge in [-0.3, -0.25) is 9.59 Å². The van der Waals surface area contributed by atoms with Crippen LogP contribution >= 0.6 is 11.3 Å². The lowest BCUT2D eigenvalue weighted by molar-refractivity contribution is -0.145. The second kappa shape index (κ2) is 8.23. The van der Waals surface area contributed by atoms with E-state index in [1.54, 1.807) is 13.3 Å². The van der Waals surface area contributed by atoms with Crippen molar-refractivity contribution in [1.29, 1.82) is 0 Å². The van der Waals surface area contributed by atoms with Crippen molar-refractivity contribution in [3.8, 4) is 17.1 Å². The Bertz CT molecular complexity index is 1070. The van der Waals surface area contributed by atoms with E-state index in [2.05, 4.69) is 15.3 Å². The SMILES string of the molecule is COc1ncccc1-c1csc(CNC(=O)C2(CC(=O)O)Cc3ccccc3C2)n1. The van der Waals surface area contributed by atoms with Gasteiger partial charge in [-0.05, 0) is 36.1 Å². The van der Waals surface area contributed by atoms with Crippen molar-refractivity contribution in [2.75, 3.05) is 7.11 Å². The summed E-state index contributed by atoms with van der Waals surface area (Å²) in [4.78, 5) is 33.4. The number of benzene rings is 1. The first-order chi connectivity index (χ1) is 14.5. The van der Waals surface area contributed by atoms with E-state index in [1.165, 1.54) is 11.3 Å². The van der Waals surface area contributed by atoms with Gasteiger partial charge in [0.2, 0.25) is 11.8 Å². The molecule has 1 aliphatic rings. The molecule has 0 radical (unpaired) electrons. The maximum atomic E-state index is 13.1. The minimum absolute atomic E-state index is 0.205. The fraction of sp³-hybridized carbons (Fsp3) is 0.273. The Morgan fingerprint density at radius 3 is 2.60 bits per heavy atom. The third-order valence-corrected chi connectivity index (χ3v) is 6.19. The molecule has 0 fully saturated rings. The number of thiazole rings is 1. The van der Waals surface area contributed by atoms with Gasteiger partial charge < -0.3 is 15.2 Å². The highest BCUT2D eigenvalue weighted by Gasteiger charge is 2.45. The van der Waals surface area contributed by atoms with Crippen LogP contribution < -0.4 is 10.1 Å². The van der Waals surface area contributed by atoms with Crippen LogP contribution in [0.3, 0.4) is 0 Å². The first-order valence-corrected chi connectivity index (χ1v) is 10.4. The molecule has 2 N–H and O–H groups in total. The number of aliphatic carboxylic acids is 1. The predicted octanol–water partition coefficient (Wildman–Crippen LogP) is 3.09. The zero-order chi connectivity index (χ0) is 21.1. The second-order valence-corrected chi connectivity index (χ2v) is 8.29. The Kier molecular flexibility index (Phi) is 5.50. The Hall–Kier alpha value is -3.26. The molecule has 7 nitrogen and oxygen atoms in total. The largest absolute Gasteiger partial charge is 0.481 e. The van der Waals surface area contributed by atoms with Crippen LogP contribution in [0.1, 0.15) is 22.6 Å². The molecule has 1 aliphatic carbocycles. The lowest BCUT2D eigenvalue weighted by Crippen LogP contribution is -2.43. The fourth-order valence-electron chi connectivity index (χ4n) is 3.96. The molecule has 0 saturated carbocycles. The number of rotatable bonds is 7. The number of aromatic nitrogens is 2. The number of fused-ring (bicyclic) bond motifs is 1. The summed E-state index contributed by atoms with van der Waals surface area (Å²) in [7, 11) is 1.56. The number of ether oxygens (including phenoxy) is 1. The van der Waals surface area contributed by atoms with Crippen molar-refractivity contribution in [2.45, 2.75) is 25.8 Å². The summed E-state index contributed by atoms with van der Waals surface area (Å²) in [6.45, 7) is 0.240. The standard InChI is InChI=1S/C22H21N3O4S/c1-29-20-16(7-4-8-23-20)17-13-30-18(25-17)12-24-21(28)22(11-19(26)27)9-14-5-2-3-6-15(14)10-22/h2-8,13H,9-12H2,1H3,(H,24,28)(H,26,27). The van der Waals surface area contributed by atoms with Crippen LogP contribution in [0.2, 0.25) is 0 Å². The molecule has 2 heterocycles. The highest BCUT2D eigenvalue weighted by atomic mass is 32.1. The van der Waals surface area contributed by atoms with Crippen LogP contribution in [0.4, 0.5) is 0 Å². The predicted molar refractivity (Wildman–Crippen MR) is 112 cm³/mol. The average molecular weight is 423 g/mol. The molecule has 3 aromatic rings. The van der Waals surface area contributed by atoms with Crippen molar-refractivity contribution in [1.82, 2.24) is 15.3 Å². The van der Waals surface area contributed by atoms with Crippen LogP contribution in [-0.4, -0.2) is 34.1 Å². The zero-order valence-corrected chi connectivity index (χ0v) is 17.2. The number of carbonyl (C=O) groups is 2. The van der Waals surface area contributed by atoms with Crippen molar-refractivity contribution in [2.24, 2.45) is 5.41 Å². The third-order valence-electron chi connectivity index (χ3n) is 5.34. The topological polar surface area (TPSA) is 101 Å². The van der Waals surface area contributed by atoms with Gasteiger partial charge in [-0.15, -0.1) is 11.3 Å². The molecule has 8 heteroatoms. The molecule has 1 aromatic carbocycles. The molecule has 0 unspecified atom stereocenters. The van der Waals surface area contributed by atoms with E-state index in [-0.39, 0.29) is 18.9 Å². The fourth-order valence-corrected chi connectivity index (χ4v) is 4.69. The second-order valence-electron chi connectivity index (χ2n) is 7.34. The summed E-state index contributed by atoms with van der Waals surface area (Å²) in [5.74, 6) is -0.738. The first-order valence-electron chi connectivity index (χ1n) is 9.51. The molecule has 0 saturated heterocycles. The molecule has 0 spiro atoms. The first kappa shape index (κ1) is 20.0. The number of nitrogens with zero attached hydrogens (tertiary/aromatic N) is 2. The molecular weight excluding hydrogens is 402 g/mol. The van der Waals surface area contributed by atoms with Gasteiger partial charge in [0, 0.05) is 11.6 Å². The number of hydrogen-bond donors (Lipinski definition) is 2. The highest BCUT2D eigenvalue weighted by molar-refractivity contribution is 7.09. The number of methoxy groups -OCH3 is 1. The number of pyridine rings is 1. The van der Waals surface area contributed by atoms with E-state index in [0.717, 1.165) is 27.4 Å². The molecular formula is C22H21N3O4S. The third kappa shape index (κ3) is 3.91. The normalized spacial score (nSPS) is 14.2. The summed E-state index contributed by atoms with van der Waals surface area (Å²) in [6.07, 6.45) is 2.30. The molecule has 4 rings (SSSR count). The molecule has 154 valence electrons. The highest BCUT2D eigenvalue weighted by Crippen LogP contribution is 2.40. The van der Waals surface area contributed by atoms with Crippen LogP contribution in [0, 0.1) is 5.41 Å². The number of amides is 1. The van der Waals surface area contributed by atoms with Crippen LogP contribution in [0.25, 0.3) is 11.3 Å². The zero-order valence-electron chi connectivity index (χ0n) is 16.4. The Morgan fingerprint density at radius 1 is 1.20 bits per heavy atom. The van der Waals surface area contributed by atoms with E-state index in [1.807, 2.05) is 41.8 Å². The van der Waals surface area contributed by atoms with Gasteiger partial charge in [0.15, 0.2) is 0 Å². The molecule has 0 atom stereocenters. The summed E-state index contributed by atoms with van der Waals surface area (Å²) < 4.78 is 5.28. The summed E-state index contributed by atoms with van der Waals surface area (Å²) in [5, 5.41) is 15.0. The monoisotopic (exact) mass is 423 g/mol. The van der Waals surface area contributed by atoms with Crippen molar-refractivity contribution < 1.29 is 19.4 Å². The van der Waals surface area contributed by atoms with E-state index >= 15 is 0 Å². The van der Waals surface area contributed by atoms with E-state index in [9.17, 15) is 14.7 Å². The number of carboxylic acids is 1. The van der Waals surface area contributed by atoms with E-state index in [4.69, 9.17) is 4.74 Å². The number of carboxylic acid groups (broad SMARTS) is 1. The van der Waals surface area contributed by atoms with Gasteiger partial charge in [0.05, 0.1) is 36.7 Å². The van der Waals surface area contributed by atoms with Gasteiger partial charge in [0.25, 0.3) is 0 Å². The van der Waals surface area contributed by atoms with Crippen LogP contribution in [0.15, 0.2) is 48.0 Å². The maximum Gasteiger partial charge on any atom is 0.304 e. The van der Waals surface area contributed by atoms with Gasteiger partial charge in [0.1, 0.15) is 5.01 Å². The van der Waals surface area contributed by atoms with E-state index < -0.39 is 11.4 Å². The van der Waals surface area contributed by atoms with E-state index in [0.29, 0.717) is 18.7 Å². The van der Waals surface area contributed by atoms with Crippen molar-refractivity contribution in [3.05, 3.63) is 64.1 Å². The number of carbonyl (C=O) groups excluding carboxylic acids is 1. The van der Waals surface area contributed by atoms with Gasteiger partial charge in [-0.25, -0.2) is 9.97 Å². The van der Waals surface area contributed by atoms with Crippen molar-refractivity contribution in [3.63, 3.8) is 0 Å². The Morgan fingerprint density at radius 2 is 1.93 bits per heavy atom. The van der Waals surface area contributed by atoms with Gasteiger partial charge in [-0.1, -0.05) is 24.3 Å². The molecule has 1 amide bonds. The van der Waals surface area contributed by atoms with Crippen molar-refractivity contribution >= 4 is 23.2 Å². The number of hydrogen-bond acceptors (Lipinski definition) is 6. The molecule has 30 heavy (non-hydrogen) atoms. The number of nitrogens with one attached hydrogen (secondary N) is 1. The van der Waals surface area contributed by atoms with Crippen LogP contribution in [0.5, 0.6) is 5.88 Å². The Balaban J connectivity index is 1.49. The lowest BCUT2D eigenvalue weighted by atomic mass is 9.80. The smallest absolute Gasteiger partial charge is 0.304 e. The summed E-state index contributed by atoms with van der Waals surface area (Å²) in [6, 6.07) is 11.4. The lowest BCUT2D eigenvalue weighted by Gasteiger charge is -2.25. The maximum absolute atomic E-state index is 13.1. The Labute approximate surface area is 177 Å². The summed E-state index contributed by atoms with van der Waals surface area (Å²) in [5.41, 5.74) is 2.61. The molecule has 0 bridgehead atoms. The minimum Gasteiger partial charge on any atom is -0.481 e. The molecule has 0 aliphatic heterocycles.